The first kappa shape index (κ1) is 18.7. The minimum atomic E-state index is 0.550. The van der Waals surface area contributed by atoms with Crippen LogP contribution in [-0.4, -0.2) is 49.6 Å². The van der Waals surface area contributed by atoms with Gasteiger partial charge in [-0.2, -0.15) is 0 Å². The standard InChI is InChI=1S/C22H30N2O2/c1-4-20-16-24(13-12-23(20)2)15-19-9-5-6-11-22(19)26-17-18-8-7-10-21(14-18)25-3/h5-11,14,20H,4,12-13,15-17H2,1-3H3/t20-/m0/s1. The number of hydrogen-bond acceptors (Lipinski definition) is 4. The van der Waals surface area contributed by atoms with Crippen molar-refractivity contribution in [3.63, 3.8) is 0 Å². The lowest BCUT2D eigenvalue weighted by Gasteiger charge is -2.39. The zero-order valence-electron chi connectivity index (χ0n) is 16.1. The van der Waals surface area contributed by atoms with Crippen LogP contribution < -0.4 is 9.47 Å². The minimum Gasteiger partial charge on any atom is -0.497 e. The molecule has 0 N–H and O–H groups in total. The van der Waals surface area contributed by atoms with E-state index in [1.54, 1.807) is 7.11 Å². The van der Waals surface area contributed by atoms with Crippen LogP contribution in [0, 0.1) is 0 Å². The zero-order chi connectivity index (χ0) is 18.4. The number of hydrogen-bond donors (Lipinski definition) is 0. The third-order valence-electron chi connectivity index (χ3n) is 5.23. The number of piperazine rings is 1. The van der Waals surface area contributed by atoms with Crippen molar-refractivity contribution in [2.75, 3.05) is 33.8 Å². The second-order valence-electron chi connectivity index (χ2n) is 7.03. The molecule has 140 valence electrons. The van der Waals surface area contributed by atoms with Gasteiger partial charge in [0.25, 0.3) is 0 Å². The summed E-state index contributed by atoms with van der Waals surface area (Å²) in [7, 11) is 3.92. The van der Waals surface area contributed by atoms with Crippen LogP contribution in [0.25, 0.3) is 0 Å². The molecule has 0 spiro atoms. The van der Waals surface area contributed by atoms with Gasteiger partial charge in [-0.15, -0.1) is 0 Å². The van der Waals surface area contributed by atoms with E-state index in [-0.39, 0.29) is 0 Å². The molecule has 2 aromatic rings. The fourth-order valence-corrected chi connectivity index (χ4v) is 3.53. The van der Waals surface area contributed by atoms with Crippen LogP contribution in [0.1, 0.15) is 24.5 Å². The topological polar surface area (TPSA) is 24.9 Å². The highest BCUT2D eigenvalue weighted by molar-refractivity contribution is 5.34. The number of nitrogens with zero attached hydrogens (tertiary/aromatic N) is 2. The van der Waals surface area contributed by atoms with Crippen LogP contribution in [0.2, 0.25) is 0 Å². The fraction of sp³-hybridized carbons (Fsp3) is 0.455. The van der Waals surface area contributed by atoms with E-state index in [0.717, 1.165) is 43.2 Å². The lowest BCUT2D eigenvalue weighted by molar-refractivity contribution is 0.0875. The predicted octanol–water partition coefficient (Wildman–Crippen LogP) is 3.80. The molecule has 0 saturated carbocycles. The van der Waals surface area contributed by atoms with Crippen molar-refractivity contribution in [3.05, 3.63) is 59.7 Å². The molecule has 1 saturated heterocycles. The van der Waals surface area contributed by atoms with Crippen molar-refractivity contribution in [3.8, 4) is 11.5 Å². The van der Waals surface area contributed by atoms with Gasteiger partial charge in [-0.25, -0.2) is 0 Å². The summed E-state index contributed by atoms with van der Waals surface area (Å²) in [5.41, 5.74) is 2.37. The Labute approximate surface area is 157 Å². The summed E-state index contributed by atoms with van der Waals surface area (Å²) in [5.74, 6) is 1.84. The van der Waals surface area contributed by atoms with Gasteiger partial charge in [0.15, 0.2) is 0 Å². The van der Waals surface area contributed by atoms with E-state index >= 15 is 0 Å². The van der Waals surface area contributed by atoms with Crippen molar-refractivity contribution in [1.82, 2.24) is 9.80 Å². The monoisotopic (exact) mass is 354 g/mol. The van der Waals surface area contributed by atoms with E-state index in [1.165, 1.54) is 12.0 Å². The third-order valence-corrected chi connectivity index (χ3v) is 5.23. The van der Waals surface area contributed by atoms with Crippen LogP contribution in [0.4, 0.5) is 0 Å². The Hall–Kier alpha value is -2.04. The van der Waals surface area contributed by atoms with Crippen LogP contribution in [0.3, 0.4) is 0 Å². The van der Waals surface area contributed by atoms with E-state index in [9.17, 15) is 0 Å². The summed E-state index contributed by atoms with van der Waals surface area (Å²) in [6.07, 6.45) is 1.20. The Balaban J connectivity index is 1.64. The maximum atomic E-state index is 6.15. The molecule has 1 fully saturated rings. The zero-order valence-corrected chi connectivity index (χ0v) is 16.1. The molecule has 4 heteroatoms. The van der Waals surface area contributed by atoms with Gasteiger partial charge >= 0.3 is 0 Å². The van der Waals surface area contributed by atoms with Crippen molar-refractivity contribution >= 4 is 0 Å². The molecule has 26 heavy (non-hydrogen) atoms. The number of para-hydroxylation sites is 1. The lowest BCUT2D eigenvalue weighted by atomic mass is 10.1. The third kappa shape index (κ3) is 4.77. The average molecular weight is 354 g/mol. The Morgan fingerprint density at radius 2 is 1.92 bits per heavy atom. The second kappa shape index (κ2) is 9.06. The molecular weight excluding hydrogens is 324 g/mol. The maximum Gasteiger partial charge on any atom is 0.124 e. The van der Waals surface area contributed by atoms with Crippen LogP contribution in [0.15, 0.2) is 48.5 Å². The lowest BCUT2D eigenvalue weighted by Crippen LogP contribution is -2.50. The Morgan fingerprint density at radius 3 is 2.73 bits per heavy atom. The molecular formula is C22H30N2O2. The van der Waals surface area contributed by atoms with Gasteiger partial charge in [0.2, 0.25) is 0 Å². The summed E-state index contributed by atoms with van der Waals surface area (Å²) < 4.78 is 11.4. The molecule has 4 nitrogen and oxygen atoms in total. The highest BCUT2D eigenvalue weighted by atomic mass is 16.5. The smallest absolute Gasteiger partial charge is 0.124 e. The quantitative estimate of drug-likeness (QED) is 0.755. The summed E-state index contributed by atoms with van der Waals surface area (Å²) in [6, 6.07) is 17.1. The van der Waals surface area contributed by atoms with Gasteiger partial charge in [-0.1, -0.05) is 37.3 Å². The SMILES string of the molecule is CC[C@H]1CN(Cc2ccccc2OCc2cccc(OC)c2)CCN1C. The number of ether oxygens (including phenoxy) is 2. The highest BCUT2D eigenvalue weighted by Crippen LogP contribution is 2.23. The first-order valence-electron chi connectivity index (χ1n) is 9.45. The summed E-state index contributed by atoms with van der Waals surface area (Å²) >= 11 is 0. The molecule has 0 bridgehead atoms. The predicted molar refractivity (Wildman–Crippen MR) is 106 cm³/mol. The van der Waals surface area contributed by atoms with Crippen molar-refractivity contribution in [2.24, 2.45) is 0 Å². The molecule has 3 rings (SSSR count). The fourth-order valence-electron chi connectivity index (χ4n) is 3.53. The minimum absolute atomic E-state index is 0.550. The average Bonchev–Trinajstić information content (AvgIpc) is 2.69. The van der Waals surface area contributed by atoms with Crippen molar-refractivity contribution in [1.29, 1.82) is 0 Å². The van der Waals surface area contributed by atoms with Crippen molar-refractivity contribution in [2.45, 2.75) is 32.5 Å². The van der Waals surface area contributed by atoms with E-state index in [1.807, 2.05) is 24.3 Å². The van der Waals surface area contributed by atoms with Gasteiger partial charge in [-0.05, 0) is 37.2 Å². The van der Waals surface area contributed by atoms with Crippen LogP contribution >= 0.6 is 0 Å². The number of rotatable bonds is 7. The first-order chi connectivity index (χ1) is 12.7. The number of likely N-dealkylation sites (N-methyl/N-ethyl adjacent to an activating group) is 1. The molecule has 0 radical (unpaired) electrons. The molecule has 0 unspecified atom stereocenters. The molecule has 1 aliphatic rings. The molecule has 0 aromatic heterocycles. The Bertz CT molecular complexity index is 704. The molecule has 2 aromatic carbocycles. The Morgan fingerprint density at radius 1 is 1.08 bits per heavy atom. The molecule has 0 aliphatic carbocycles. The van der Waals surface area contributed by atoms with E-state index < -0.39 is 0 Å². The van der Waals surface area contributed by atoms with Gasteiger partial charge in [0.05, 0.1) is 7.11 Å². The van der Waals surface area contributed by atoms with Gasteiger partial charge < -0.3 is 14.4 Å². The van der Waals surface area contributed by atoms with E-state index in [2.05, 4.69) is 48.0 Å². The summed E-state index contributed by atoms with van der Waals surface area (Å²) in [4.78, 5) is 5.02. The molecule has 1 aliphatic heterocycles. The van der Waals surface area contributed by atoms with Crippen LogP contribution in [-0.2, 0) is 13.2 Å². The molecule has 1 heterocycles. The summed E-state index contributed by atoms with van der Waals surface area (Å²) in [5, 5.41) is 0. The molecule has 1 atom stereocenters. The van der Waals surface area contributed by atoms with Gasteiger partial charge in [-0.3, -0.25) is 4.90 Å². The number of benzene rings is 2. The van der Waals surface area contributed by atoms with E-state index in [0.29, 0.717) is 12.6 Å². The second-order valence-corrected chi connectivity index (χ2v) is 7.03. The number of methoxy groups -OCH3 is 1. The summed E-state index contributed by atoms with van der Waals surface area (Å²) in [6.45, 7) is 7.13. The molecule has 0 amide bonds. The van der Waals surface area contributed by atoms with E-state index in [4.69, 9.17) is 9.47 Å². The largest absolute Gasteiger partial charge is 0.497 e. The van der Waals surface area contributed by atoms with Crippen molar-refractivity contribution < 1.29 is 9.47 Å². The normalized spacial score (nSPS) is 18.7. The van der Waals surface area contributed by atoms with Gasteiger partial charge in [0, 0.05) is 37.8 Å². The van der Waals surface area contributed by atoms with Crippen LogP contribution in [0.5, 0.6) is 11.5 Å². The van der Waals surface area contributed by atoms with Gasteiger partial charge in [0.1, 0.15) is 18.1 Å². The Kier molecular flexibility index (Phi) is 6.53. The maximum absolute atomic E-state index is 6.15. The highest BCUT2D eigenvalue weighted by Gasteiger charge is 2.23. The first-order valence-corrected chi connectivity index (χ1v) is 9.45.